The first kappa shape index (κ1) is 17.1. The molecule has 25 heavy (non-hydrogen) atoms. The van der Waals surface area contributed by atoms with Crippen molar-refractivity contribution in [2.45, 2.75) is 13.0 Å². The molecule has 0 aromatic heterocycles. The molecule has 1 aromatic carbocycles. The highest BCUT2D eigenvalue weighted by atomic mass is 19.3. The first-order valence-corrected chi connectivity index (χ1v) is 7.65. The Morgan fingerprint density at radius 2 is 2.08 bits per heavy atom. The van der Waals surface area contributed by atoms with Gasteiger partial charge in [0.1, 0.15) is 11.9 Å². The van der Waals surface area contributed by atoms with Gasteiger partial charge in [0.05, 0.1) is 24.5 Å². The van der Waals surface area contributed by atoms with Crippen LogP contribution in [0, 0.1) is 5.82 Å². The van der Waals surface area contributed by atoms with E-state index in [2.05, 4.69) is 5.32 Å². The average molecular weight is 355 g/mol. The topological polar surface area (TPSA) is 61.9 Å². The molecular formula is C16H16F3N3O3. The predicted molar refractivity (Wildman–Crippen MR) is 84.2 cm³/mol. The quantitative estimate of drug-likeness (QED) is 0.900. The fourth-order valence-electron chi connectivity index (χ4n) is 2.72. The molecule has 1 aromatic rings. The van der Waals surface area contributed by atoms with Crippen molar-refractivity contribution in [1.82, 2.24) is 5.32 Å². The molecule has 2 fully saturated rings. The van der Waals surface area contributed by atoms with E-state index in [1.54, 1.807) is 0 Å². The molecule has 2 amide bonds. The van der Waals surface area contributed by atoms with Crippen molar-refractivity contribution < 1.29 is 27.5 Å². The summed E-state index contributed by atoms with van der Waals surface area (Å²) in [6, 6.07) is 4.16. The summed E-state index contributed by atoms with van der Waals surface area (Å²) < 4.78 is 44.2. The Labute approximate surface area is 141 Å². The van der Waals surface area contributed by atoms with E-state index in [0.29, 0.717) is 5.69 Å². The number of carbonyl (C=O) groups is 2. The second-order valence-electron chi connectivity index (χ2n) is 5.91. The van der Waals surface area contributed by atoms with Gasteiger partial charge >= 0.3 is 6.09 Å². The molecule has 0 bridgehead atoms. The Hall–Kier alpha value is -2.71. The Kier molecular flexibility index (Phi) is 4.56. The molecule has 1 atom stereocenters. The van der Waals surface area contributed by atoms with Crippen molar-refractivity contribution in [3.8, 4) is 0 Å². The maximum Gasteiger partial charge on any atom is 0.414 e. The molecule has 3 rings (SSSR count). The number of nitrogens with one attached hydrogen (secondary N) is 1. The maximum atomic E-state index is 14.3. The third-order valence-electron chi connectivity index (χ3n) is 4.07. The van der Waals surface area contributed by atoms with Gasteiger partial charge in [-0.15, -0.1) is 0 Å². The summed E-state index contributed by atoms with van der Waals surface area (Å²) in [5.74, 6) is -0.841. The normalized spacial score (nSPS) is 19.6. The minimum absolute atomic E-state index is 0.00703. The van der Waals surface area contributed by atoms with Crippen LogP contribution in [-0.4, -0.2) is 44.3 Å². The smallest absolute Gasteiger partial charge is 0.414 e. The molecule has 1 N–H and O–H groups in total. The van der Waals surface area contributed by atoms with Crippen LogP contribution in [-0.2, 0) is 9.53 Å². The number of hydrogen-bond donors (Lipinski definition) is 1. The molecule has 6 nitrogen and oxygen atoms in total. The molecule has 0 radical (unpaired) electrons. The van der Waals surface area contributed by atoms with E-state index in [1.807, 2.05) is 0 Å². The number of amides is 2. The minimum atomic E-state index is -1.72. The summed E-state index contributed by atoms with van der Waals surface area (Å²) in [6.07, 6.45) is -2.87. The maximum absolute atomic E-state index is 14.3. The van der Waals surface area contributed by atoms with Crippen LogP contribution in [0.3, 0.4) is 0 Å². The monoisotopic (exact) mass is 355 g/mol. The van der Waals surface area contributed by atoms with Crippen LogP contribution in [0.4, 0.5) is 29.3 Å². The van der Waals surface area contributed by atoms with Gasteiger partial charge in [0.25, 0.3) is 6.08 Å². The molecule has 9 heteroatoms. The lowest BCUT2D eigenvalue weighted by atomic mass is 10.1. The summed E-state index contributed by atoms with van der Waals surface area (Å²) >= 11 is 0. The predicted octanol–water partition coefficient (Wildman–Crippen LogP) is 2.26. The number of carbonyl (C=O) groups excluding carboxylic acids is 2. The van der Waals surface area contributed by atoms with E-state index in [0.717, 1.165) is 0 Å². The molecule has 134 valence electrons. The van der Waals surface area contributed by atoms with Crippen LogP contribution in [0.5, 0.6) is 0 Å². The van der Waals surface area contributed by atoms with Crippen molar-refractivity contribution in [2.75, 3.05) is 36.0 Å². The third kappa shape index (κ3) is 3.54. The van der Waals surface area contributed by atoms with E-state index in [1.165, 1.54) is 34.9 Å². The average Bonchev–Trinajstić information content (AvgIpc) is 2.86. The lowest BCUT2D eigenvalue weighted by Gasteiger charge is -2.35. The van der Waals surface area contributed by atoms with Crippen LogP contribution in [0.1, 0.15) is 6.92 Å². The number of benzene rings is 1. The van der Waals surface area contributed by atoms with E-state index in [-0.39, 0.29) is 43.3 Å². The van der Waals surface area contributed by atoms with E-state index >= 15 is 0 Å². The number of nitrogens with zero attached hydrogens (tertiary/aromatic N) is 2. The summed E-state index contributed by atoms with van der Waals surface area (Å²) in [7, 11) is 0. The molecule has 2 aliphatic rings. The van der Waals surface area contributed by atoms with Crippen molar-refractivity contribution in [3.05, 3.63) is 35.7 Å². The Morgan fingerprint density at radius 3 is 2.68 bits per heavy atom. The zero-order chi connectivity index (χ0) is 18.1. The summed E-state index contributed by atoms with van der Waals surface area (Å²) in [6.45, 7) is 1.69. The lowest BCUT2D eigenvalue weighted by molar-refractivity contribution is -0.119. The lowest BCUT2D eigenvalue weighted by Crippen LogP contribution is -2.41. The fraction of sp³-hybridized carbons (Fsp3) is 0.375. The standard InChI is InChI=1S/C16H16F3N3O3/c1-9(23)20-5-12-8-22(16(24)25-12)11-2-3-14(13(17)4-11)21-6-10(7-21)15(18)19/h2-4,12H,5-8H2,1H3,(H,20,23)/t12-/m0/s1. The van der Waals surface area contributed by atoms with E-state index < -0.39 is 24.1 Å². The SMILES string of the molecule is CC(=O)NC[C@H]1CN(c2ccc(N3CC(=C(F)F)C3)c(F)c2)C(=O)O1. The second kappa shape index (κ2) is 6.66. The molecule has 0 unspecified atom stereocenters. The van der Waals surface area contributed by atoms with Gasteiger partial charge in [0.2, 0.25) is 5.91 Å². The minimum Gasteiger partial charge on any atom is -0.442 e. The number of rotatable bonds is 4. The van der Waals surface area contributed by atoms with Crippen molar-refractivity contribution >= 4 is 23.4 Å². The number of halogens is 3. The summed E-state index contributed by atoms with van der Waals surface area (Å²) in [4.78, 5) is 25.6. The van der Waals surface area contributed by atoms with Gasteiger partial charge in [0.15, 0.2) is 0 Å². The highest BCUT2D eigenvalue weighted by molar-refractivity contribution is 5.90. The van der Waals surface area contributed by atoms with Crippen molar-refractivity contribution in [2.24, 2.45) is 0 Å². The molecule has 2 saturated heterocycles. The summed E-state index contributed by atoms with van der Waals surface area (Å²) in [5.41, 5.74) is 0.507. The molecule has 2 heterocycles. The van der Waals surface area contributed by atoms with Gasteiger partial charge in [-0.2, -0.15) is 8.78 Å². The van der Waals surface area contributed by atoms with Crippen molar-refractivity contribution in [1.29, 1.82) is 0 Å². The first-order chi connectivity index (χ1) is 11.8. The molecule has 0 spiro atoms. The van der Waals surface area contributed by atoms with Crippen LogP contribution < -0.4 is 15.1 Å². The van der Waals surface area contributed by atoms with Crippen LogP contribution in [0.2, 0.25) is 0 Å². The third-order valence-corrected chi connectivity index (χ3v) is 4.07. The number of hydrogen-bond acceptors (Lipinski definition) is 4. The van der Waals surface area contributed by atoms with Crippen LogP contribution in [0.15, 0.2) is 29.9 Å². The Bertz CT molecular complexity index is 741. The summed E-state index contributed by atoms with van der Waals surface area (Å²) in [5, 5.41) is 2.55. The van der Waals surface area contributed by atoms with Gasteiger partial charge in [-0.1, -0.05) is 0 Å². The van der Waals surface area contributed by atoms with Crippen molar-refractivity contribution in [3.63, 3.8) is 0 Å². The molecular weight excluding hydrogens is 339 g/mol. The van der Waals surface area contributed by atoms with E-state index in [4.69, 9.17) is 4.74 Å². The van der Waals surface area contributed by atoms with Gasteiger partial charge < -0.3 is 15.0 Å². The van der Waals surface area contributed by atoms with Gasteiger partial charge in [-0.05, 0) is 18.2 Å². The molecule has 0 saturated carbocycles. The number of ether oxygens (including phenoxy) is 1. The zero-order valence-electron chi connectivity index (χ0n) is 13.4. The molecule has 2 aliphatic heterocycles. The first-order valence-electron chi connectivity index (χ1n) is 7.65. The fourth-order valence-corrected chi connectivity index (χ4v) is 2.72. The van der Waals surface area contributed by atoms with Crippen LogP contribution in [0.25, 0.3) is 0 Å². The Balaban J connectivity index is 1.68. The number of anilines is 2. The highest BCUT2D eigenvalue weighted by Crippen LogP contribution is 2.32. The highest BCUT2D eigenvalue weighted by Gasteiger charge is 2.33. The van der Waals surface area contributed by atoms with Crippen LogP contribution >= 0.6 is 0 Å². The van der Waals surface area contributed by atoms with E-state index in [9.17, 15) is 22.8 Å². The molecule has 0 aliphatic carbocycles. The Morgan fingerprint density at radius 1 is 1.36 bits per heavy atom. The van der Waals surface area contributed by atoms with Gasteiger partial charge in [0, 0.05) is 25.6 Å². The van der Waals surface area contributed by atoms with Gasteiger partial charge in [-0.25, -0.2) is 9.18 Å². The number of cyclic esters (lactones) is 1. The van der Waals surface area contributed by atoms with Gasteiger partial charge in [-0.3, -0.25) is 9.69 Å². The zero-order valence-corrected chi connectivity index (χ0v) is 13.4. The second-order valence-corrected chi connectivity index (χ2v) is 5.91. The largest absolute Gasteiger partial charge is 0.442 e.